The molecule has 4 atom stereocenters. The SMILES string of the molecule is CCCCC/C=C\C/C=C\CCCCCCCCOC(=O)C1CC(OC(=O)CCCCN2CC(OCCN(C)C)C(OCCN(C)C)C2)CN1C(=O)CCCCCCC/C=C\C/C=C\CCCCC. The van der Waals surface area contributed by atoms with E-state index in [1.54, 1.807) is 4.90 Å². The fourth-order valence-electron chi connectivity index (χ4n) is 8.92. The van der Waals surface area contributed by atoms with Gasteiger partial charge in [0.25, 0.3) is 0 Å². The molecule has 2 aliphatic heterocycles. The molecule has 11 heteroatoms. The van der Waals surface area contributed by atoms with Crippen molar-refractivity contribution in [3.8, 4) is 0 Å². The predicted octanol–water partition coefficient (Wildman–Crippen LogP) is 12.0. The van der Waals surface area contributed by atoms with Crippen molar-refractivity contribution in [1.29, 1.82) is 0 Å². The van der Waals surface area contributed by atoms with Crippen LogP contribution in [0.2, 0.25) is 0 Å². The fraction of sp³-hybridized carbons (Fsp3) is 0.810. The number of amides is 1. The van der Waals surface area contributed by atoms with Crippen LogP contribution in [0.15, 0.2) is 48.6 Å². The Balaban J connectivity index is 1.77. The van der Waals surface area contributed by atoms with Crippen LogP contribution in [-0.2, 0) is 33.3 Å². The fourth-order valence-corrected chi connectivity index (χ4v) is 8.92. The Morgan fingerprint density at radius 2 is 0.986 bits per heavy atom. The number of likely N-dealkylation sites (tertiary alicyclic amines) is 2. The maximum Gasteiger partial charge on any atom is 0.329 e. The first kappa shape index (κ1) is 62.3. The molecule has 2 aliphatic rings. The molecule has 0 N–H and O–H groups in total. The minimum atomic E-state index is -0.714. The van der Waals surface area contributed by atoms with E-state index < -0.39 is 12.1 Å². The van der Waals surface area contributed by atoms with E-state index in [0.29, 0.717) is 45.5 Å². The standard InChI is InChI=1S/C58H104N4O7/c1-7-9-11-13-15-17-19-21-23-25-27-29-31-33-35-39-45-68-58(65)53-48-52(49-62(53)56(63)40-36-34-32-30-28-26-24-22-20-18-16-14-12-10-8-2)69-57(64)41-37-38-42-61-50-54(66-46-43-59(3)4)55(51-61)67-47-44-60(5)6/h15-18,21-24,52-55H,7-14,19-20,25-51H2,1-6H3/b17-15-,18-16-,23-21-,24-22-. The van der Waals surface area contributed by atoms with Gasteiger partial charge in [-0.05, 0) is 125 Å². The summed E-state index contributed by atoms with van der Waals surface area (Å²) in [5.74, 6) is -0.690. The molecule has 2 saturated heterocycles. The summed E-state index contributed by atoms with van der Waals surface area (Å²) in [5.41, 5.74) is 0. The van der Waals surface area contributed by atoms with Crippen molar-refractivity contribution in [2.75, 3.05) is 87.3 Å². The van der Waals surface area contributed by atoms with Crippen LogP contribution >= 0.6 is 0 Å². The van der Waals surface area contributed by atoms with Gasteiger partial charge in [0, 0.05) is 45.4 Å². The second-order valence-corrected chi connectivity index (χ2v) is 20.3. The summed E-state index contributed by atoms with van der Waals surface area (Å²) in [6.07, 6.45) is 46.5. The lowest BCUT2D eigenvalue weighted by Crippen LogP contribution is -2.41. The van der Waals surface area contributed by atoms with Crippen LogP contribution in [0, 0.1) is 0 Å². The normalized spacial score (nSPS) is 19.0. The quantitative estimate of drug-likeness (QED) is 0.0333. The first-order valence-corrected chi connectivity index (χ1v) is 28.1. The zero-order valence-corrected chi connectivity index (χ0v) is 45.2. The third-order valence-electron chi connectivity index (χ3n) is 13.2. The highest BCUT2D eigenvalue weighted by Crippen LogP contribution is 2.25. The number of ether oxygens (including phenoxy) is 4. The third-order valence-corrected chi connectivity index (χ3v) is 13.2. The van der Waals surface area contributed by atoms with Crippen molar-refractivity contribution in [2.45, 2.75) is 218 Å². The second-order valence-electron chi connectivity index (χ2n) is 20.3. The van der Waals surface area contributed by atoms with E-state index in [2.05, 4.69) is 105 Å². The summed E-state index contributed by atoms with van der Waals surface area (Å²) in [6.45, 7) is 10.6. The molecule has 0 spiro atoms. The number of unbranched alkanes of at least 4 members (excludes halogenated alkanes) is 18. The minimum absolute atomic E-state index is 0.0326. The second kappa shape index (κ2) is 42.8. The highest BCUT2D eigenvalue weighted by molar-refractivity contribution is 5.85. The first-order valence-electron chi connectivity index (χ1n) is 28.1. The first-order chi connectivity index (χ1) is 33.6. The molecule has 0 aromatic rings. The highest BCUT2D eigenvalue weighted by Gasteiger charge is 2.42. The van der Waals surface area contributed by atoms with Crippen LogP contribution in [-0.4, -0.2) is 149 Å². The lowest BCUT2D eigenvalue weighted by molar-refractivity contribution is -0.153. The average Bonchev–Trinajstić information content (AvgIpc) is 3.93. The summed E-state index contributed by atoms with van der Waals surface area (Å²) < 4.78 is 24.3. The van der Waals surface area contributed by atoms with Crippen molar-refractivity contribution in [3.63, 3.8) is 0 Å². The van der Waals surface area contributed by atoms with Crippen molar-refractivity contribution in [2.24, 2.45) is 0 Å². The van der Waals surface area contributed by atoms with Gasteiger partial charge in [-0.1, -0.05) is 133 Å². The maximum atomic E-state index is 13.6. The third kappa shape index (κ3) is 33.5. The van der Waals surface area contributed by atoms with Crippen molar-refractivity contribution in [3.05, 3.63) is 48.6 Å². The van der Waals surface area contributed by atoms with E-state index in [9.17, 15) is 14.4 Å². The van der Waals surface area contributed by atoms with Crippen LogP contribution in [0.3, 0.4) is 0 Å². The van der Waals surface area contributed by atoms with Crippen LogP contribution < -0.4 is 0 Å². The average molecular weight is 969 g/mol. The van der Waals surface area contributed by atoms with E-state index in [1.807, 2.05) is 0 Å². The van der Waals surface area contributed by atoms with E-state index in [1.165, 1.54) is 70.6 Å². The molecule has 2 fully saturated rings. The van der Waals surface area contributed by atoms with Gasteiger partial charge in [0.2, 0.25) is 5.91 Å². The van der Waals surface area contributed by atoms with Crippen molar-refractivity contribution >= 4 is 17.8 Å². The largest absolute Gasteiger partial charge is 0.464 e. The smallest absolute Gasteiger partial charge is 0.329 e. The van der Waals surface area contributed by atoms with E-state index in [0.717, 1.165) is 116 Å². The number of rotatable bonds is 44. The molecule has 2 rings (SSSR count). The molecule has 4 unspecified atom stereocenters. The maximum absolute atomic E-state index is 13.6. The van der Waals surface area contributed by atoms with Gasteiger partial charge in [-0.3, -0.25) is 14.5 Å². The summed E-state index contributed by atoms with van der Waals surface area (Å²) in [5, 5.41) is 0. The molecule has 2 heterocycles. The molecule has 11 nitrogen and oxygen atoms in total. The lowest BCUT2D eigenvalue weighted by Gasteiger charge is -2.23. The van der Waals surface area contributed by atoms with Gasteiger partial charge in [0.1, 0.15) is 12.1 Å². The number of esters is 2. The van der Waals surface area contributed by atoms with Gasteiger partial charge >= 0.3 is 11.9 Å². The number of nitrogens with zero attached hydrogens (tertiary/aromatic N) is 4. The Hall–Kier alpha value is -2.83. The van der Waals surface area contributed by atoms with E-state index >= 15 is 0 Å². The Bertz CT molecular complexity index is 1380. The molecule has 1 amide bonds. The number of carbonyl (C=O) groups is 3. The topological polar surface area (TPSA) is 101 Å². The van der Waals surface area contributed by atoms with Gasteiger partial charge in [0.15, 0.2) is 0 Å². The van der Waals surface area contributed by atoms with E-state index in [4.69, 9.17) is 18.9 Å². The van der Waals surface area contributed by atoms with Gasteiger partial charge in [-0.2, -0.15) is 0 Å². The highest BCUT2D eigenvalue weighted by atomic mass is 16.6. The van der Waals surface area contributed by atoms with Gasteiger partial charge in [-0.25, -0.2) is 4.79 Å². The number of allylic oxidation sites excluding steroid dienone is 8. The Kier molecular flexibility index (Phi) is 38.6. The lowest BCUT2D eigenvalue weighted by atomic mass is 10.1. The predicted molar refractivity (Wildman–Crippen MR) is 287 cm³/mol. The number of hydrogen-bond donors (Lipinski definition) is 0. The van der Waals surface area contributed by atoms with Crippen molar-refractivity contribution in [1.82, 2.24) is 19.6 Å². The molecule has 0 aromatic carbocycles. The van der Waals surface area contributed by atoms with Gasteiger partial charge < -0.3 is 33.6 Å². The van der Waals surface area contributed by atoms with E-state index in [-0.39, 0.29) is 36.6 Å². The number of carbonyl (C=O) groups excluding carboxylic acids is 3. The Morgan fingerprint density at radius 3 is 1.49 bits per heavy atom. The summed E-state index contributed by atoms with van der Waals surface area (Å²) in [7, 11) is 8.21. The molecule has 0 radical (unpaired) electrons. The molecular weight excluding hydrogens is 865 g/mol. The molecule has 0 bridgehead atoms. The molecule has 69 heavy (non-hydrogen) atoms. The van der Waals surface area contributed by atoms with Crippen LogP contribution in [0.4, 0.5) is 0 Å². The summed E-state index contributed by atoms with van der Waals surface area (Å²) in [6, 6.07) is -0.714. The van der Waals surface area contributed by atoms with Gasteiger partial charge in [-0.15, -0.1) is 0 Å². The summed E-state index contributed by atoms with van der Waals surface area (Å²) in [4.78, 5) is 48.6. The van der Waals surface area contributed by atoms with Crippen LogP contribution in [0.5, 0.6) is 0 Å². The molecular formula is C58H104N4O7. The van der Waals surface area contributed by atoms with Crippen LogP contribution in [0.1, 0.15) is 194 Å². The summed E-state index contributed by atoms with van der Waals surface area (Å²) >= 11 is 0. The van der Waals surface area contributed by atoms with Gasteiger partial charge in [0.05, 0.1) is 38.6 Å². The van der Waals surface area contributed by atoms with Crippen molar-refractivity contribution < 1.29 is 33.3 Å². The molecule has 398 valence electrons. The minimum Gasteiger partial charge on any atom is -0.464 e. The Morgan fingerprint density at radius 1 is 0.522 bits per heavy atom. The molecule has 0 saturated carbocycles. The molecule has 0 aliphatic carbocycles. The number of likely N-dealkylation sites (N-methyl/N-ethyl adjacent to an activating group) is 2. The monoisotopic (exact) mass is 969 g/mol. The zero-order valence-electron chi connectivity index (χ0n) is 45.2. The number of hydrogen-bond acceptors (Lipinski definition) is 10. The van der Waals surface area contributed by atoms with Crippen LogP contribution in [0.25, 0.3) is 0 Å². The Labute approximate surface area is 423 Å². The zero-order chi connectivity index (χ0) is 50.0. The molecule has 0 aromatic heterocycles.